The fraction of sp³-hybridized carbons (Fsp3) is 0.207. The van der Waals surface area contributed by atoms with Crippen molar-refractivity contribution >= 4 is 17.5 Å². The predicted octanol–water partition coefficient (Wildman–Crippen LogP) is 5.31. The molecule has 0 atom stereocenters. The normalized spacial score (nSPS) is 12.8. The van der Waals surface area contributed by atoms with Crippen molar-refractivity contribution in [2.45, 2.75) is 32.7 Å². The van der Waals surface area contributed by atoms with Gasteiger partial charge in [-0.15, -0.1) is 0 Å². The van der Waals surface area contributed by atoms with Crippen molar-refractivity contribution in [3.63, 3.8) is 0 Å². The van der Waals surface area contributed by atoms with Crippen LogP contribution in [0.3, 0.4) is 0 Å². The van der Waals surface area contributed by atoms with Crippen LogP contribution in [0.5, 0.6) is 5.75 Å². The first-order valence-electron chi connectivity index (χ1n) is 12.0. The fourth-order valence-electron chi connectivity index (χ4n) is 3.94. The molecular formula is C29H28N4O3. The zero-order valence-corrected chi connectivity index (χ0v) is 20.5. The first-order chi connectivity index (χ1) is 17.4. The Morgan fingerprint density at radius 3 is 2.47 bits per heavy atom. The first kappa shape index (κ1) is 23.4. The summed E-state index contributed by atoms with van der Waals surface area (Å²) in [6, 6.07) is 21.0. The van der Waals surface area contributed by atoms with Crippen LogP contribution in [0.1, 0.15) is 44.7 Å². The van der Waals surface area contributed by atoms with E-state index in [1.807, 2.05) is 68.4 Å². The Balaban J connectivity index is 1.50. The average Bonchev–Trinajstić information content (AvgIpc) is 3.59. The van der Waals surface area contributed by atoms with E-state index in [1.165, 1.54) is 0 Å². The summed E-state index contributed by atoms with van der Waals surface area (Å²) in [4.78, 5) is 26.1. The van der Waals surface area contributed by atoms with Crippen molar-refractivity contribution in [1.29, 1.82) is 0 Å². The Bertz CT molecular complexity index is 1440. The van der Waals surface area contributed by atoms with Crippen molar-refractivity contribution in [2.75, 3.05) is 12.4 Å². The van der Waals surface area contributed by atoms with Crippen LogP contribution in [-0.2, 0) is 0 Å². The highest BCUT2D eigenvalue weighted by Gasteiger charge is 2.24. The molecule has 7 nitrogen and oxygen atoms in total. The molecule has 0 unspecified atom stereocenters. The summed E-state index contributed by atoms with van der Waals surface area (Å²) < 4.78 is 7.09. The molecule has 1 aliphatic rings. The largest absolute Gasteiger partial charge is 0.497 e. The Hall–Kier alpha value is -4.39. The molecule has 36 heavy (non-hydrogen) atoms. The van der Waals surface area contributed by atoms with Gasteiger partial charge in [-0.3, -0.25) is 9.59 Å². The van der Waals surface area contributed by atoms with Crippen LogP contribution in [0.25, 0.3) is 16.9 Å². The van der Waals surface area contributed by atoms with Gasteiger partial charge < -0.3 is 15.4 Å². The second kappa shape index (κ2) is 9.70. The van der Waals surface area contributed by atoms with Gasteiger partial charge in [-0.2, -0.15) is 5.10 Å². The number of hydrogen-bond donors (Lipinski definition) is 2. The van der Waals surface area contributed by atoms with Crippen molar-refractivity contribution < 1.29 is 14.3 Å². The molecule has 0 spiro atoms. The summed E-state index contributed by atoms with van der Waals surface area (Å²) >= 11 is 0. The number of rotatable bonds is 7. The van der Waals surface area contributed by atoms with Gasteiger partial charge in [-0.25, -0.2) is 4.68 Å². The number of ether oxygens (including phenoxy) is 1. The van der Waals surface area contributed by atoms with Gasteiger partial charge in [0.2, 0.25) is 0 Å². The minimum atomic E-state index is -0.311. The summed E-state index contributed by atoms with van der Waals surface area (Å²) in [5.41, 5.74) is 5.66. The molecule has 0 bridgehead atoms. The lowest BCUT2D eigenvalue weighted by Crippen LogP contribution is -2.25. The third kappa shape index (κ3) is 5.00. The van der Waals surface area contributed by atoms with Crippen LogP contribution < -0.4 is 15.4 Å². The molecule has 1 heterocycles. The van der Waals surface area contributed by atoms with E-state index < -0.39 is 0 Å². The van der Waals surface area contributed by atoms with Gasteiger partial charge in [0.1, 0.15) is 11.4 Å². The molecule has 1 fully saturated rings. The third-order valence-corrected chi connectivity index (χ3v) is 6.26. The molecule has 5 rings (SSSR count). The van der Waals surface area contributed by atoms with E-state index in [9.17, 15) is 9.59 Å². The number of nitrogens with zero attached hydrogens (tertiary/aromatic N) is 2. The summed E-state index contributed by atoms with van der Waals surface area (Å²) in [5.74, 6) is 0.236. The molecule has 182 valence electrons. The number of anilines is 1. The number of methoxy groups -OCH3 is 1. The standard InChI is InChI=1S/C29H28N4O3/c1-18-7-13-23(14-8-18)33-17-25(27(32-33)20-5-4-6-24(15-20)36-3)29(35)31-26-16-21(10-9-19(26)2)28(34)30-22-11-12-22/h4-10,13-17,22H,11-12H2,1-3H3,(H,30,34)(H,31,35). The molecule has 0 radical (unpaired) electrons. The number of nitrogens with one attached hydrogen (secondary N) is 2. The SMILES string of the molecule is COc1cccc(-c2nn(-c3ccc(C)cc3)cc2C(=O)Nc2cc(C(=O)NC3CC3)ccc2C)c1. The number of carbonyl (C=O) groups is 2. The van der Waals surface area contributed by atoms with Crippen LogP contribution in [-0.4, -0.2) is 34.7 Å². The maximum absolute atomic E-state index is 13.6. The monoisotopic (exact) mass is 480 g/mol. The Morgan fingerprint density at radius 2 is 1.75 bits per heavy atom. The minimum Gasteiger partial charge on any atom is -0.497 e. The number of aromatic nitrogens is 2. The minimum absolute atomic E-state index is 0.128. The zero-order valence-electron chi connectivity index (χ0n) is 20.5. The van der Waals surface area contributed by atoms with E-state index in [0.717, 1.165) is 35.2 Å². The van der Waals surface area contributed by atoms with E-state index in [2.05, 4.69) is 10.6 Å². The molecule has 2 N–H and O–H groups in total. The average molecular weight is 481 g/mol. The molecule has 1 saturated carbocycles. The quantitative estimate of drug-likeness (QED) is 0.375. The molecule has 1 aliphatic carbocycles. The maximum atomic E-state index is 13.6. The highest BCUT2D eigenvalue weighted by molar-refractivity contribution is 6.09. The van der Waals surface area contributed by atoms with Crippen LogP contribution in [0, 0.1) is 13.8 Å². The van der Waals surface area contributed by atoms with Crippen LogP contribution in [0.15, 0.2) is 72.9 Å². The van der Waals surface area contributed by atoms with Crippen molar-refractivity contribution in [3.8, 4) is 22.7 Å². The molecule has 0 aliphatic heterocycles. The van der Waals surface area contributed by atoms with Gasteiger partial charge in [-0.05, 0) is 68.7 Å². The second-order valence-corrected chi connectivity index (χ2v) is 9.14. The molecule has 7 heteroatoms. The van der Waals surface area contributed by atoms with Crippen LogP contribution in [0.4, 0.5) is 5.69 Å². The molecule has 1 aromatic heterocycles. The van der Waals surface area contributed by atoms with Crippen molar-refractivity contribution in [1.82, 2.24) is 15.1 Å². The Labute approximate surface area is 210 Å². The number of aryl methyl sites for hydroxylation is 2. The number of carbonyl (C=O) groups excluding carboxylic acids is 2. The van der Waals surface area contributed by atoms with E-state index in [4.69, 9.17) is 9.84 Å². The number of benzene rings is 3. The fourth-order valence-corrected chi connectivity index (χ4v) is 3.94. The summed E-state index contributed by atoms with van der Waals surface area (Å²) in [6.07, 6.45) is 3.76. The van der Waals surface area contributed by atoms with Gasteiger partial charge in [0.25, 0.3) is 11.8 Å². The molecule has 0 saturated heterocycles. The molecular weight excluding hydrogens is 452 g/mol. The lowest BCUT2D eigenvalue weighted by Gasteiger charge is -2.11. The zero-order chi connectivity index (χ0) is 25.2. The van der Waals surface area contributed by atoms with Crippen LogP contribution >= 0.6 is 0 Å². The third-order valence-electron chi connectivity index (χ3n) is 6.26. The van der Waals surface area contributed by atoms with Gasteiger partial charge in [0.15, 0.2) is 0 Å². The van der Waals surface area contributed by atoms with Crippen molar-refractivity contribution in [2.24, 2.45) is 0 Å². The topological polar surface area (TPSA) is 85.2 Å². The van der Waals surface area contributed by atoms with E-state index >= 15 is 0 Å². The van der Waals surface area contributed by atoms with Gasteiger partial charge >= 0.3 is 0 Å². The van der Waals surface area contributed by atoms with Gasteiger partial charge in [0, 0.05) is 29.1 Å². The first-order valence-corrected chi connectivity index (χ1v) is 12.0. The Kier molecular flexibility index (Phi) is 6.29. The smallest absolute Gasteiger partial charge is 0.259 e. The van der Waals surface area contributed by atoms with E-state index in [-0.39, 0.29) is 17.9 Å². The highest BCUT2D eigenvalue weighted by atomic mass is 16.5. The van der Waals surface area contributed by atoms with Gasteiger partial charge in [-0.1, -0.05) is 35.9 Å². The lowest BCUT2D eigenvalue weighted by atomic mass is 10.1. The number of hydrogen-bond acceptors (Lipinski definition) is 4. The van der Waals surface area contributed by atoms with Crippen LogP contribution in [0.2, 0.25) is 0 Å². The summed E-state index contributed by atoms with van der Waals surface area (Å²) in [7, 11) is 1.60. The number of amides is 2. The molecule has 4 aromatic rings. The summed E-state index contributed by atoms with van der Waals surface area (Å²) in [6.45, 7) is 3.92. The Morgan fingerprint density at radius 1 is 0.972 bits per heavy atom. The molecule has 3 aromatic carbocycles. The van der Waals surface area contributed by atoms with E-state index in [1.54, 1.807) is 30.1 Å². The second-order valence-electron chi connectivity index (χ2n) is 9.14. The van der Waals surface area contributed by atoms with Gasteiger partial charge in [0.05, 0.1) is 18.4 Å². The lowest BCUT2D eigenvalue weighted by molar-refractivity contribution is 0.0949. The molecule has 2 amide bonds. The van der Waals surface area contributed by atoms with Crippen molar-refractivity contribution in [3.05, 3.63) is 95.2 Å². The summed E-state index contributed by atoms with van der Waals surface area (Å²) in [5, 5.41) is 10.8. The predicted molar refractivity (Wildman–Crippen MR) is 140 cm³/mol. The van der Waals surface area contributed by atoms with E-state index in [0.29, 0.717) is 28.3 Å². The maximum Gasteiger partial charge on any atom is 0.259 e. The highest BCUT2D eigenvalue weighted by Crippen LogP contribution is 2.28.